The first-order valence-electron chi connectivity index (χ1n) is 6.16. The number of aromatic nitrogens is 2. The molecule has 3 N–H and O–H groups in total. The third-order valence-electron chi connectivity index (χ3n) is 2.64. The number of carbonyl (C=O) groups is 1. The summed E-state index contributed by atoms with van der Waals surface area (Å²) in [5, 5.41) is 3.09. The van der Waals surface area contributed by atoms with E-state index in [0.717, 1.165) is 19.4 Å². The van der Waals surface area contributed by atoms with Crippen molar-refractivity contribution in [1.82, 2.24) is 9.97 Å². The molecule has 6 nitrogen and oxygen atoms in total. The molecule has 0 bridgehead atoms. The van der Waals surface area contributed by atoms with Gasteiger partial charge in [-0.15, -0.1) is 0 Å². The van der Waals surface area contributed by atoms with Crippen LogP contribution in [0.15, 0.2) is 22.7 Å². The zero-order valence-corrected chi connectivity index (χ0v) is 10.7. The predicted molar refractivity (Wildman–Crippen MR) is 72.9 cm³/mol. The number of nitrogen functional groups attached to an aromatic ring is 1. The Bertz CT molecular complexity index is 566. The summed E-state index contributed by atoms with van der Waals surface area (Å²) in [4.78, 5) is 18.9. The number of furan rings is 1. The fourth-order valence-corrected chi connectivity index (χ4v) is 1.61. The van der Waals surface area contributed by atoms with Gasteiger partial charge in [-0.1, -0.05) is 13.3 Å². The summed E-state index contributed by atoms with van der Waals surface area (Å²) in [6.07, 6.45) is 4.37. The summed E-state index contributed by atoms with van der Waals surface area (Å²) >= 11 is 0. The number of hydrogen-bond acceptors (Lipinski definition) is 6. The average molecular weight is 260 g/mol. The van der Waals surface area contributed by atoms with Crippen molar-refractivity contribution in [2.75, 3.05) is 17.6 Å². The van der Waals surface area contributed by atoms with Crippen LogP contribution in [0.25, 0.3) is 11.3 Å². The molecule has 2 rings (SSSR count). The van der Waals surface area contributed by atoms with Gasteiger partial charge in [-0.05, 0) is 18.6 Å². The van der Waals surface area contributed by atoms with Gasteiger partial charge < -0.3 is 15.5 Å². The molecule has 0 aliphatic heterocycles. The van der Waals surface area contributed by atoms with Crippen LogP contribution in [0.4, 0.5) is 11.8 Å². The summed E-state index contributed by atoms with van der Waals surface area (Å²) in [7, 11) is 0. The molecule has 0 atom stereocenters. The van der Waals surface area contributed by atoms with Crippen molar-refractivity contribution in [3.05, 3.63) is 24.1 Å². The van der Waals surface area contributed by atoms with E-state index in [4.69, 9.17) is 10.2 Å². The minimum absolute atomic E-state index is 0.250. The van der Waals surface area contributed by atoms with E-state index in [9.17, 15) is 4.79 Å². The Labute approximate surface area is 111 Å². The zero-order chi connectivity index (χ0) is 13.7. The van der Waals surface area contributed by atoms with Gasteiger partial charge in [0, 0.05) is 12.7 Å². The Morgan fingerprint density at radius 1 is 1.47 bits per heavy atom. The van der Waals surface area contributed by atoms with Crippen molar-refractivity contribution < 1.29 is 9.21 Å². The first kappa shape index (κ1) is 13.1. The number of nitrogens with one attached hydrogen (secondary N) is 1. The zero-order valence-electron chi connectivity index (χ0n) is 10.7. The molecule has 100 valence electrons. The van der Waals surface area contributed by atoms with Crippen LogP contribution < -0.4 is 11.1 Å². The van der Waals surface area contributed by atoms with Crippen LogP contribution in [0.1, 0.15) is 30.3 Å². The maximum atomic E-state index is 10.6. The largest absolute Gasteiger partial charge is 0.453 e. The molecule has 2 aromatic rings. The monoisotopic (exact) mass is 260 g/mol. The van der Waals surface area contributed by atoms with Crippen LogP contribution in [-0.2, 0) is 0 Å². The smallest absolute Gasteiger partial charge is 0.224 e. The molecule has 0 saturated heterocycles. The summed E-state index contributed by atoms with van der Waals surface area (Å²) < 4.78 is 5.29. The van der Waals surface area contributed by atoms with Crippen LogP contribution in [0.5, 0.6) is 0 Å². The van der Waals surface area contributed by atoms with E-state index < -0.39 is 0 Å². The van der Waals surface area contributed by atoms with E-state index in [2.05, 4.69) is 22.2 Å². The number of hydrogen-bond donors (Lipinski definition) is 2. The predicted octanol–water partition coefficient (Wildman–Crippen LogP) is 2.34. The molecule has 0 aromatic carbocycles. The molecule has 0 aliphatic rings. The fourth-order valence-electron chi connectivity index (χ4n) is 1.61. The number of unbranched alkanes of at least 4 members (excludes halogenated alkanes) is 1. The molecule has 0 spiro atoms. The summed E-state index contributed by atoms with van der Waals surface area (Å²) in [6.45, 7) is 2.92. The van der Waals surface area contributed by atoms with Crippen LogP contribution in [0.2, 0.25) is 0 Å². The lowest BCUT2D eigenvalue weighted by atomic mass is 10.2. The lowest BCUT2D eigenvalue weighted by Gasteiger charge is -2.06. The summed E-state index contributed by atoms with van der Waals surface area (Å²) in [5.74, 6) is 1.55. The Kier molecular flexibility index (Phi) is 4.12. The second-order valence-electron chi connectivity index (χ2n) is 4.09. The third kappa shape index (κ3) is 3.09. The van der Waals surface area contributed by atoms with Gasteiger partial charge in [0.1, 0.15) is 11.6 Å². The normalized spacial score (nSPS) is 10.4. The molecule has 0 amide bonds. The van der Waals surface area contributed by atoms with Crippen molar-refractivity contribution in [1.29, 1.82) is 0 Å². The highest BCUT2D eigenvalue weighted by Crippen LogP contribution is 2.25. The van der Waals surface area contributed by atoms with Gasteiger partial charge in [-0.25, -0.2) is 4.98 Å². The first-order valence-corrected chi connectivity index (χ1v) is 6.16. The van der Waals surface area contributed by atoms with E-state index in [1.807, 2.05) is 0 Å². The number of anilines is 2. The van der Waals surface area contributed by atoms with Crippen molar-refractivity contribution in [3.8, 4) is 11.3 Å². The molecule has 19 heavy (non-hydrogen) atoms. The number of nitrogens with zero attached hydrogens (tertiary/aromatic N) is 2. The summed E-state index contributed by atoms with van der Waals surface area (Å²) in [6, 6.07) is 3.25. The number of carbonyl (C=O) groups excluding carboxylic acids is 1. The van der Waals surface area contributed by atoms with Gasteiger partial charge in [0.25, 0.3) is 0 Å². The topological polar surface area (TPSA) is 94.0 Å². The molecule has 0 unspecified atom stereocenters. The van der Waals surface area contributed by atoms with Crippen molar-refractivity contribution in [2.45, 2.75) is 19.8 Å². The van der Waals surface area contributed by atoms with Crippen LogP contribution in [0, 0.1) is 0 Å². The second-order valence-corrected chi connectivity index (χ2v) is 4.09. The highest BCUT2D eigenvalue weighted by molar-refractivity contribution is 5.75. The minimum Gasteiger partial charge on any atom is -0.453 e. The van der Waals surface area contributed by atoms with Crippen molar-refractivity contribution in [2.24, 2.45) is 0 Å². The highest BCUT2D eigenvalue weighted by Gasteiger charge is 2.10. The van der Waals surface area contributed by atoms with Crippen molar-refractivity contribution >= 4 is 18.1 Å². The lowest BCUT2D eigenvalue weighted by molar-refractivity contribution is 0.110. The molecule has 2 heterocycles. The lowest BCUT2D eigenvalue weighted by Crippen LogP contribution is -2.07. The quantitative estimate of drug-likeness (QED) is 0.611. The van der Waals surface area contributed by atoms with E-state index >= 15 is 0 Å². The molecule has 0 saturated carbocycles. The molecule has 2 aromatic heterocycles. The van der Waals surface area contributed by atoms with Gasteiger partial charge in [0.05, 0.1) is 5.56 Å². The Morgan fingerprint density at radius 2 is 2.32 bits per heavy atom. The Morgan fingerprint density at radius 3 is 2.95 bits per heavy atom. The number of aldehydes is 1. The van der Waals surface area contributed by atoms with Gasteiger partial charge >= 0.3 is 0 Å². The maximum absolute atomic E-state index is 10.6. The van der Waals surface area contributed by atoms with E-state index in [0.29, 0.717) is 29.4 Å². The molecular weight excluding hydrogens is 244 g/mol. The fraction of sp³-hybridized carbons (Fsp3) is 0.308. The van der Waals surface area contributed by atoms with Gasteiger partial charge in [0.2, 0.25) is 5.95 Å². The Hall–Kier alpha value is -2.37. The second kappa shape index (κ2) is 5.99. The van der Waals surface area contributed by atoms with Crippen LogP contribution >= 0.6 is 0 Å². The van der Waals surface area contributed by atoms with Crippen LogP contribution in [0.3, 0.4) is 0 Å². The number of rotatable bonds is 6. The van der Waals surface area contributed by atoms with Crippen LogP contribution in [-0.4, -0.2) is 22.8 Å². The molecule has 0 aliphatic carbocycles. The molecule has 6 heteroatoms. The average Bonchev–Trinajstić information content (AvgIpc) is 2.88. The van der Waals surface area contributed by atoms with Gasteiger partial charge in [-0.3, -0.25) is 4.79 Å². The maximum Gasteiger partial charge on any atom is 0.224 e. The molecule has 0 fully saturated rings. The van der Waals surface area contributed by atoms with Gasteiger partial charge in [0.15, 0.2) is 12.0 Å². The van der Waals surface area contributed by atoms with E-state index in [1.165, 1.54) is 0 Å². The van der Waals surface area contributed by atoms with E-state index in [-0.39, 0.29) is 5.76 Å². The van der Waals surface area contributed by atoms with Gasteiger partial charge in [-0.2, -0.15) is 4.98 Å². The molecular formula is C13H16N4O2. The first-order chi connectivity index (χ1) is 9.24. The number of nitrogens with two attached hydrogens (primary N) is 1. The van der Waals surface area contributed by atoms with Crippen molar-refractivity contribution in [3.63, 3.8) is 0 Å². The Balaban J connectivity index is 2.16. The minimum atomic E-state index is 0.250. The SMILES string of the molecule is CCCCNc1ncc(-c2ccc(C=O)o2)c(N)n1. The standard InChI is InChI=1S/C13H16N4O2/c1-2-3-6-15-13-16-7-10(12(14)17-13)11-5-4-9(8-18)19-11/h4-5,7-8H,2-3,6H2,1H3,(H3,14,15,16,17). The van der Waals surface area contributed by atoms with E-state index in [1.54, 1.807) is 18.3 Å². The molecule has 0 radical (unpaired) electrons. The highest BCUT2D eigenvalue weighted by atomic mass is 16.3. The summed E-state index contributed by atoms with van der Waals surface area (Å²) in [5.41, 5.74) is 6.45. The third-order valence-corrected chi connectivity index (χ3v) is 2.64.